The molecule has 0 spiro atoms. The van der Waals surface area contributed by atoms with Gasteiger partial charge in [0.05, 0.1) is 22.7 Å². The zero-order valence-electron chi connectivity index (χ0n) is 18.3. The second-order valence-corrected chi connectivity index (χ2v) is 9.35. The van der Waals surface area contributed by atoms with Crippen LogP contribution in [0.5, 0.6) is 0 Å². The number of aryl methyl sites for hydroxylation is 1. The van der Waals surface area contributed by atoms with Crippen LogP contribution < -0.4 is 10.6 Å². The van der Waals surface area contributed by atoms with Gasteiger partial charge in [0.1, 0.15) is 0 Å². The van der Waals surface area contributed by atoms with E-state index in [1.54, 1.807) is 12.1 Å². The highest BCUT2D eigenvalue weighted by Crippen LogP contribution is 2.24. The number of imidazole rings is 1. The predicted molar refractivity (Wildman–Crippen MR) is 122 cm³/mol. The maximum absolute atomic E-state index is 12.7. The maximum atomic E-state index is 12.7. The number of amides is 2. The van der Waals surface area contributed by atoms with Gasteiger partial charge in [0, 0.05) is 18.3 Å². The summed E-state index contributed by atoms with van der Waals surface area (Å²) < 4.78 is 2.18. The Morgan fingerprint density at radius 3 is 2.60 bits per heavy atom. The number of hydrogen-bond donors (Lipinski definition) is 2. The standard InChI is InChI=1S/C23H32N4O2S/c1-15(2)13-27-17(4)16(3)24-23(27)30-14-21(28)26-20-12-8-7-11-19(20)22(29)25-18-9-5-6-10-18/h7-8,11-12,15,18H,5-6,9-10,13-14H2,1-4H3,(H,25,29)(H,26,28). The first-order valence-corrected chi connectivity index (χ1v) is 11.7. The molecule has 1 aromatic carbocycles. The van der Waals surface area contributed by atoms with E-state index in [2.05, 4.69) is 41.0 Å². The Kier molecular flexibility index (Phi) is 7.58. The van der Waals surface area contributed by atoms with Gasteiger partial charge in [0.25, 0.3) is 5.91 Å². The Morgan fingerprint density at radius 2 is 1.90 bits per heavy atom. The fourth-order valence-corrected chi connectivity index (χ4v) is 4.65. The molecule has 2 amide bonds. The summed E-state index contributed by atoms with van der Waals surface area (Å²) in [5, 5.41) is 6.87. The first kappa shape index (κ1) is 22.4. The molecule has 1 saturated carbocycles. The van der Waals surface area contributed by atoms with Crippen LogP contribution in [0.3, 0.4) is 0 Å². The van der Waals surface area contributed by atoms with Crippen molar-refractivity contribution in [3.8, 4) is 0 Å². The molecular formula is C23H32N4O2S. The van der Waals surface area contributed by atoms with E-state index in [-0.39, 0.29) is 23.6 Å². The van der Waals surface area contributed by atoms with Gasteiger partial charge in [-0.05, 0) is 44.7 Å². The Labute approximate surface area is 183 Å². The van der Waals surface area contributed by atoms with Crippen molar-refractivity contribution in [2.45, 2.75) is 71.1 Å². The van der Waals surface area contributed by atoms with E-state index in [9.17, 15) is 9.59 Å². The Morgan fingerprint density at radius 1 is 1.20 bits per heavy atom. The number of anilines is 1. The highest BCUT2D eigenvalue weighted by molar-refractivity contribution is 7.99. The second kappa shape index (κ2) is 10.2. The van der Waals surface area contributed by atoms with Crippen molar-refractivity contribution in [1.82, 2.24) is 14.9 Å². The largest absolute Gasteiger partial charge is 0.349 e. The molecule has 0 radical (unpaired) electrons. The van der Waals surface area contributed by atoms with Gasteiger partial charge in [-0.25, -0.2) is 4.98 Å². The highest BCUT2D eigenvalue weighted by atomic mass is 32.2. The third-order valence-electron chi connectivity index (χ3n) is 5.44. The summed E-state index contributed by atoms with van der Waals surface area (Å²) >= 11 is 1.43. The van der Waals surface area contributed by atoms with Crippen molar-refractivity contribution in [3.63, 3.8) is 0 Å². The van der Waals surface area contributed by atoms with Crippen LogP contribution >= 0.6 is 11.8 Å². The third-order valence-corrected chi connectivity index (χ3v) is 6.42. The number of thioether (sulfide) groups is 1. The minimum absolute atomic E-state index is 0.121. The van der Waals surface area contributed by atoms with Crippen molar-refractivity contribution in [3.05, 3.63) is 41.2 Å². The number of aromatic nitrogens is 2. The lowest BCUT2D eigenvalue weighted by Gasteiger charge is -2.15. The molecule has 0 aliphatic heterocycles. The van der Waals surface area contributed by atoms with E-state index in [0.29, 0.717) is 17.2 Å². The van der Waals surface area contributed by atoms with Crippen molar-refractivity contribution >= 4 is 29.3 Å². The van der Waals surface area contributed by atoms with Gasteiger partial charge >= 0.3 is 0 Å². The molecule has 1 aliphatic rings. The summed E-state index contributed by atoms with van der Waals surface area (Å²) in [6.07, 6.45) is 4.37. The molecule has 7 heteroatoms. The van der Waals surface area contributed by atoms with E-state index in [1.165, 1.54) is 11.8 Å². The van der Waals surface area contributed by atoms with Crippen LogP contribution in [0.4, 0.5) is 5.69 Å². The number of carbonyl (C=O) groups is 2. The summed E-state index contributed by atoms with van der Waals surface area (Å²) in [6.45, 7) is 9.28. The SMILES string of the molecule is Cc1nc(SCC(=O)Nc2ccccc2C(=O)NC2CCCC2)n(CC(C)C)c1C. The van der Waals surface area contributed by atoms with Crippen LogP contribution in [-0.4, -0.2) is 33.2 Å². The minimum atomic E-state index is -0.143. The molecule has 1 heterocycles. The van der Waals surface area contributed by atoms with E-state index >= 15 is 0 Å². The van der Waals surface area contributed by atoms with Crippen molar-refractivity contribution in [1.29, 1.82) is 0 Å². The summed E-state index contributed by atoms with van der Waals surface area (Å²) in [6, 6.07) is 7.43. The predicted octanol–water partition coefficient (Wildman–Crippen LogP) is 4.56. The summed E-state index contributed by atoms with van der Waals surface area (Å²) in [4.78, 5) is 29.9. The summed E-state index contributed by atoms with van der Waals surface area (Å²) in [7, 11) is 0. The number of para-hydroxylation sites is 1. The highest BCUT2D eigenvalue weighted by Gasteiger charge is 2.20. The quantitative estimate of drug-likeness (QED) is 0.605. The molecule has 0 atom stereocenters. The van der Waals surface area contributed by atoms with E-state index in [1.807, 2.05) is 19.1 Å². The van der Waals surface area contributed by atoms with Crippen LogP contribution in [0.25, 0.3) is 0 Å². The molecule has 6 nitrogen and oxygen atoms in total. The Hall–Kier alpha value is -2.28. The second-order valence-electron chi connectivity index (χ2n) is 8.41. The van der Waals surface area contributed by atoms with E-state index < -0.39 is 0 Å². The van der Waals surface area contributed by atoms with Gasteiger partial charge in [-0.15, -0.1) is 0 Å². The van der Waals surface area contributed by atoms with Gasteiger partial charge in [-0.2, -0.15) is 0 Å². The smallest absolute Gasteiger partial charge is 0.253 e. The zero-order valence-corrected chi connectivity index (χ0v) is 19.1. The molecule has 1 aliphatic carbocycles. The van der Waals surface area contributed by atoms with Crippen LogP contribution in [0.15, 0.2) is 29.4 Å². The van der Waals surface area contributed by atoms with E-state index in [0.717, 1.165) is 48.8 Å². The minimum Gasteiger partial charge on any atom is -0.349 e. The van der Waals surface area contributed by atoms with Gasteiger partial charge in [0.2, 0.25) is 5.91 Å². The number of nitrogens with one attached hydrogen (secondary N) is 2. The number of hydrogen-bond acceptors (Lipinski definition) is 4. The van der Waals surface area contributed by atoms with Crippen molar-refractivity contribution in [2.75, 3.05) is 11.1 Å². The maximum Gasteiger partial charge on any atom is 0.253 e. The number of rotatable bonds is 8. The summed E-state index contributed by atoms with van der Waals surface area (Å²) in [5.41, 5.74) is 3.19. The lowest BCUT2D eigenvalue weighted by Crippen LogP contribution is -2.33. The monoisotopic (exact) mass is 428 g/mol. The molecule has 30 heavy (non-hydrogen) atoms. The van der Waals surface area contributed by atoms with Crippen LogP contribution in [0, 0.1) is 19.8 Å². The van der Waals surface area contributed by atoms with Gasteiger partial charge in [0.15, 0.2) is 5.16 Å². The molecule has 0 unspecified atom stereocenters. The van der Waals surface area contributed by atoms with Gasteiger partial charge in [-0.1, -0.05) is 50.6 Å². The molecule has 0 saturated heterocycles. The average Bonchev–Trinajstić information content (AvgIpc) is 3.30. The van der Waals surface area contributed by atoms with Gasteiger partial charge < -0.3 is 15.2 Å². The molecular weight excluding hydrogens is 396 g/mol. The molecule has 2 aromatic rings. The van der Waals surface area contributed by atoms with Crippen LogP contribution in [0.1, 0.15) is 61.3 Å². The molecule has 0 bridgehead atoms. The lowest BCUT2D eigenvalue weighted by atomic mass is 10.1. The topological polar surface area (TPSA) is 76.0 Å². The van der Waals surface area contributed by atoms with Crippen molar-refractivity contribution in [2.24, 2.45) is 5.92 Å². The van der Waals surface area contributed by atoms with Crippen molar-refractivity contribution < 1.29 is 9.59 Å². The zero-order chi connectivity index (χ0) is 21.7. The molecule has 3 rings (SSSR count). The third kappa shape index (κ3) is 5.65. The lowest BCUT2D eigenvalue weighted by molar-refractivity contribution is -0.113. The number of carbonyl (C=O) groups excluding carboxylic acids is 2. The number of benzene rings is 1. The normalized spacial score (nSPS) is 14.3. The molecule has 1 aromatic heterocycles. The number of nitrogens with zero attached hydrogens (tertiary/aromatic N) is 2. The average molecular weight is 429 g/mol. The molecule has 162 valence electrons. The fraction of sp³-hybridized carbons (Fsp3) is 0.522. The first-order chi connectivity index (χ1) is 14.3. The Balaban J connectivity index is 1.63. The fourth-order valence-electron chi connectivity index (χ4n) is 3.75. The van der Waals surface area contributed by atoms with Gasteiger partial charge in [-0.3, -0.25) is 9.59 Å². The Bertz CT molecular complexity index is 901. The first-order valence-electron chi connectivity index (χ1n) is 10.7. The van der Waals surface area contributed by atoms with E-state index in [4.69, 9.17) is 0 Å². The van der Waals surface area contributed by atoms with Crippen LogP contribution in [0.2, 0.25) is 0 Å². The molecule has 2 N–H and O–H groups in total. The molecule has 1 fully saturated rings. The van der Waals surface area contributed by atoms with Crippen LogP contribution in [-0.2, 0) is 11.3 Å². The summed E-state index contributed by atoms with van der Waals surface area (Å²) in [5.74, 6) is 0.475.